The summed E-state index contributed by atoms with van der Waals surface area (Å²) < 4.78 is 5.52. The average molecular weight is 268 g/mol. The van der Waals surface area contributed by atoms with Crippen LogP contribution in [0, 0.1) is 10.1 Å². The predicted molar refractivity (Wildman–Crippen MR) is 69.6 cm³/mol. The highest BCUT2D eigenvalue weighted by Gasteiger charge is 2.12. The van der Waals surface area contributed by atoms with Crippen molar-refractivity contribution < 1.29 is 9.34 Å². The van der Waals surface area contributed by atoms with Crippen molar-refractivity contribution in [1.29, 1.82) is 0 Å². The van der Waals surface area contributed by atoms with Crippen molar-refractivity contribution in [3.8, 4) is 22.9 Å². The standard InChI is InChI=1S/C13H8N4O3/c18-17(19)11-5-3-9(4-6-11)12-15-16-13(20-12)10-2-1-7-14-8-10/h1-8H. The summed E-state index contributed by atoms with van der Waals surface area (Å²) in [5, 5.41) is 18.4. The molecule has 0 atom stereocenters. The topological polar surface area (TPSA) is 95.0 Å². The largest absolute Gasteiger partial charge is 0.416 e. The van der Waals surface area contributed by atoms with Crippen molar-refractivity contribution in [2.75, 3.05) is 0 Å². The fraction of sp³-hybridized carbons (Fsp3) is 0. The van der Waals surface area contributed by atoms with E-state index >= 15 is 0 Å². The van der Waals surface area contributed by atoms with Crippen LogP contribution in [0.25, 0.3) is 22.9 Å². The smallest absolute Gasteiger partial charge is 0.269 e. The Bertz CT molecular complexity index is 738. The second kappa shape index (κ2) is 4.88. The van der Waals surface area contributed by atoms with E-state index in [1.165, 1.54) is 12.1 Å². The first-order valence-electron chi connectivity index (χ1n) is 5.73. The van der Waals surface area contributed by atoms with Gasteiger partial charge in [0.25, 0.3) is 5.69 Å². The quantitative estimate of drug-likeness (QED) is 0.535. The second-order valence-corrected chi connectivity index (χ2v) is 3.96. The summed E-state index contributed by atoms with van der Waals surface area (Å²) in [7, 11) is 0. The zero-order valence-electron chi connectivity index (χ0n) is 10.1. The van der Waals surface area contributed by atoms with Crippen LogP contribution in [-0.4, -0.2) is 20.1 Å². The monoisotopic (exact) mass is 268 g/mol. The fourth-order valence-electron chi connectivity index (χ4n) is 1.67. The van der Waals surface area contributed by atoms with Gasteiger partial charge in [-0.25, -0.2) is 0 Å². The number of benzene rings is 1. The molecule has 0 radical (unpaired) electrons. The molecule has 0 aliphatic heterocycles. The first-order valence-corrected chi connectivity index (χ1v) is 5.73. The SMILES string of the molecule is O=[N+]([O-])c1ccc(-c2nnc(-c3cccnc3)o2)cc1. The van der Waals surface area contributed by atoms with Gasteiger partial charge in [-0.2, -0.15) is 0 Å². The molecule has 2 aromatic heterocycles. The molecule has 0 saturated heterocycles. The van der Waals surface area contributed by atoms with Crippen LogP contribution in [0.15, 0.2) is 53.2 Å². The first kappa shape index (κ1) is 12.0. The molecule has 0 aliphatic carbocycles. The zero-order valence-corrected chi connectivity index (χ0v) is 10.1. The molecule has 20 heavy (non-hydrogen) atoms. The highest BCUT2D eigenvalue weighted by Crippen LogP contribution is 2.24. The summed E-state index contributed by atoms with van der Waals surface area (Å²) in [6.45, 7) is 0. The Labute approximate surface area is 113 Å². The highest BCUT2D eigenvalue weighted by molar-refractivity contribution is 5.58. The Morgan fingerprint density at radius 2 is 1.70 bits per heavy atom. The number of rotatable bonds is 3. The molecule has 0 aliphatic rings. The molecule has 0 N–H and O–H groups in total. The molecular weight excluding hydrogens is 260 g/mol. The van der Waals surface area contributed by atoms with Crippen LogP contribution in [0.1, 0.15) is 0 Å². The number of non-ortho nitro benzene ring substituents is 1. The Balaban J connectivity index is 1.92. The molecular formula is C13H8N4O3. The number of aromatic nitrogens is 3. The summed E-state index contributed by atoms with van der Waals surface area (Å²) in [6, 6.07) is 9.50. The molecule has 98 valence electrons. The van der Waals surface area contributed by atoms with Gasteiger partial charge in [0.15, 0.2) is 0 Å². The first-order chi connectivity index (χ1) is 9.74. The summed E-state index contributed by atoms with van der Waals surface area (Å²) in [6.07, 6.45) is 3.27. The average Bonchev–Trinajstić information content (AvgIpc) is 2.98. The molecule has 2 heterocycles. The normalized spacial score (nSPS) is 10.4. The summed E-state index contributed by atoms with van der Waals surface area (Å²) in [4.78, 5) is 14.1. The van der Waals surface area contributed by atoms with Gasteiger partial charge in [0.2, 0.25) is 11.8 Å². The molecule has 0 spiro atoms. The number of hydrogen-bond donors (Lipinski definition) is 0. The van der Waals surface area contributed by atoms with Crippen molar-refractivity contribution in [3.63, 3.8) is 0 Å². The lowest BCUT2D eigenvalue weighted by molar-refractivity contribution is -0.384. The van der Waals surface area contributed by atoms with Gasteiger partial charge in [-0.05, 0) is 24.3 Å². The van der Waals surface area contributed by atoms with Gasteiger partial charge in [0, 0.05) is 30.1 Å². The Morgan fingerprint density at radius 3 is 2.30 bits per heavy atom. The van der Waals surface area contributed by atoms with Crippen molar-refractivity contribution in [1.82, 2.24) is 15.2 Å². The maximum Gasteiger partial charge on any atom is 0.269 e. The molecule has 0 bridgehead atoms. The Kier molecular flexibility index (Phi) is 2.92. The molecule has 0 fully saturated rings. The molecule has 3 rings (SSSR count). The van der Waals surface area contributed by atoms with Crippen LogP contribution in [0.2, 0.25) is 0 Å². The third-order valence-corrected chi connectivity index (χ3v) is 2.66. The van der Waals surface area contributed by atoms with Gasteiger partial charge in [0.05, 0.1) is 10.5 Å². The lowest BCUT2D eigenvalue weighted by Gasteiger charge is -1.95. The minimum Gasteiger partial charge on any atom is -0.416 e. The summed E-state index contributed by atoms with van der Waals surface area (Å²) in [5.74, 6) is 0.658. The van der Waals surface area contributed by atoms with Crippen molar-refractivity contribution in [3.05, 3.63) is 58.9 Å². The van der Waals surface area contributed by atoms with Crippen molar-refractivity contribution in [2.45, 2.75) is 0 Å². The van der Waals surface area contributed by atoms with E-state index in [-0.39, 0.29) is 5.69 Å². The number of pyridine rings is 1. The van der Waals surface area contributed by atoms with Gasteiger partial charge in [-0.3, -0.25) is 15.1 Å². The predicted octanol–water partition coefficient (Wildman–Crippen LogP) is 2.71. The number of nitrogens with zero attached hydrogens (tertiary/aromatic N) is 4. The van der Waals surface area contributed by atoms with Gasteiger partial charge in [0.1, 0.15) is 0 Å². The minimum absolute atomic E-state index is 0.0146. The van der Waals surface area contributed by atoms with Crippen LogP contribution in [0.3, 0.4) is 0 Å². The molecule has 0 saturated carbocycles. The fourth-order valence-corrected chi connectivity index (χ4v) is 1.67. The van der Waals surface area contributed by atoms with E-state index in [9.17, 15) is 10.1 Å². The van der Waals surface area contributed by atoms with Gasteiger partial charge in [-0.15, -0.1) is 10.2 Å². The van der Waals surface area contributed by atoms with E-state index in [1.54, 1.807) is 36.7 Å². The van der Waals surface area contributed by atoms with E-state index in [0.29, 0.717) is 22.9 Å². The van der Waals surface area contributed by atoms with Crippen molar-refractivity contribution >= 4 is 5.69 Å². The van der Waals surface area contributed by atoms with Crippen LogP contribution >= 0.6 is 0 Å². The maximum atomic E-state index is 10.6. The third-order valence-electron chi connectivity index (χ3n) is 2.66. The molecule has 7 heteroatoms. The minimum atomic E-state index is -0.460. The van der Waals surface area contributed by atoms with Crippen LogP contribution in [0.5, 0.6) is 0 Å². The molecule has 0 amide bonds. The van der Waals surface area contributed by atoms with Crippen LogP contribution in [-0.2, 0) is 0 Å². The highest BCUT2D eigenvalue weighted by atomic mass is 16.6. The van der Waals surface area contributed by atoms with Gasteiger partial charge in [-0.1, -0.05) is 0 Å². The van der Waals surface area contributed by atoms with E-state index in [1.807, 2.05) is 0 Å². The molecule has 3 aromatic rings. The maximum absolute atomic E-state index is 10.6. The number of nitro groups is 1. The number of nitro benzene ring substituents is 1. The zero-order chi connectivity index (χ0) is 13.9. The Morgan fingerprint density at radius 1 is 1.00 bits per heavy atom. The van der Waals surface area contributed by atoms with Gasteiger partial charge >= 0.3 is 0 Å². The van der Waals surface area contributed by atoms with E-state index < -0.39 is 4.92 Å². The number of hydrogen-bond acceptors (Lipinski definition) is 6. The van der Waals surface area contributed by atoms with Gasteiger partial charge < -0.3 is 4.42 Å². The van der Waals surface area contributed by atoms with E-state index in [4.69, 9.17) is 4.42 Å². The van der Waals surface area contributed by atoms with E-state index in [2.05, 4.69) is 15.2 Å². The molecule has 7 nitrogen and oxygen atoms in total. The Hall–Kier alpha value is -3.09. The molecule has 0 unspecified atom stereocenters. The van der Waals surface area contributed by atoms with E-state index in [0.717, 1.165) is 0 Å². The van der Waals surface area contributed by atoms with Crippen molar-refractivity contribution in [2.24, 2.45) is 0 Å². The van der Waals surface area contributed by atoms with Crippen LogP contribution < -0.4 is 0 Å². The molecule has 1 aromatic carbocycles. The third kappa shape index (κ3) is 2.24. The lowest BCUT2D eigenvalue weighted by Crippen LogP contribution is -1.87. The van der Waals surface area contributed by atoms with Crippen LogP contribution in [0.4, 0.5) is 5.69 Å². The summed E-state index contributed by atoms with van der Waals surface area (Å²) >= 11 is 0. The lowest BCUT2D eigenvalue weighted by atomic mass is 10.2. The summed E-state index contributed by atoms with van der Waals surface area (Å²) in [5.41, 5.74) is 1.35. The second-order valence-electron chi connectivity index (χ2n) is 3.96.